The fraction of sp³-hybridized carbons (Fsp3) is 0.250. The van der Waals surface area contributed by atoms with E-state index in [1.807, 2.05) is 30.3 Å². The van der Waals surface area contributed by atoms with Gasteiger partial charge in [-0.25, -0.2) is 9.78 Å². The van der Waals surface area contributed by atoms with Crippen LogP contribution in [-0.4, -0.2) is 27.0 Å². The number of carbonyl (C=O) groups excluding carboxylic acids is 1. The van der Waals surface area contributed by atoms with Gasteiger partial charge in [-0.2, -0.15) is 17.7 Å². The zero-order valence-electron chi connectivity index (χ0n) is 10.1. The van der Waals surface area contributed by atoms with Crippen molar-refractivity contribution in [1.29, 1.82) is 0 Å². The fourth-order valence-electron chi connectivity index (χ4n) is 1.49. The maximum Gasteiger partial charge on any atom is 0.408 e. The highest BCUT2D eigenvalue weighted by molar-refractivity contribution is 7.80. The molecule has 1 heterocycles. The third-order valence-corrected chi connectivity index (χ3v) is 2.82. The van der Waals surface area contributed by atoms with Gasteiger partial charge in [-0.05, 0) is 5.56 Å². The molecule has 1 amide bonds. The summed E-state index contributed by atoms with van der Waals surface area (Å²) in [5, 5.41) is 9.08. The van der Waals surface area contributed by atoms with Crippen LogP contribution < -0.4 is 5.32 Å². The van der Waals surface area contributed by atoms with Gasteiger partial charge in [0.05, 0.1) is 0 Å². The highest BCUT2D eigenvalue weighted by atomic mass is 32.1. The van der Waals surface area contributed by atoms with E-state index in [9.17, 15) is 4.79 Å². The molecule has 0 aliphatic heterocycles. The maximum atomic E-state index is 11.7. The fourth-order valence-corrected chi connectivity index (χ4v) is 1.75. The maximum absolute atomic E-state index is 11.7. The van der Waals surface area contributed by atoms with E-state index in [-0.39, 0.29) is 12.6 Å². The summed E-state index contributed by atoms with van der Waals surface area (Å²) in [7, 11) is 0. The average molecular weight is 278 g/mol. The Morgan fingerprint density at radius 3 is 2.84 bits per heavy atom. The summed E-state index contributed by atoms with van der Waals surface area (Å²) in [5.74, 6) is 0.946. The van der Waals surface area contributed by atoms with E-state index >= 15 is 0 Å². The standard InChI is InChI=1S/C12H14N4O2S/c17-12(18-6-9-4-2-1-3-5-9)15-10(7-19)11-13-8-14-16-11/h1-5,8,10,19H,6-7H2,(H,15,17)(H,13,14,16). The van der Waals surface area contributed by atoms with Gasteiger partial charge in [-0.3, -0.25) is 5.10 Å². The number of alkyl carbamates (subject to hydrolysis) is 1. The predicted molar refractivity (Wildman–Crippen MR) is 72.7 cm³/mol. The topological polar surface area (TPSA) is 79.9 Å². The van der Waals surface area contributed by atoms with Crippen molar-refractivity contribution >= 4 is 18.7 Å². The van der Waals surface area contributed by atoms with Crippen LogP contribution in [0.2, 0.25) is 0 Å². The number of ether oxygens (including phenoxy) is 1. The first kappa shape index (κ1) is 13.4. The molecule has 0 spiro atoms. The molecule has 7 heteroatoms. The Bertz CT molecular complexity index is 504. The van der Waals surface area contributed by atoms with Crippen LogP contribution in [-0.2, 0) is 11.3 Å². The van der Waals surface area contributed by atoms with Gasteiger partial charge in [-0.15, -0.1) is 0 Å². The number of benzene rings is 1. The summed E-state index contributed by atoms with van der Waals surface area (Å²) >= 11 is 4.16. The molecule has 0 fully saturated rings. The molecule has 1 aromatic carbocycles. The molecule has 0 bridgehead atoms. The van der Waals surface area contributed by atoms with E-state index < -0.39 is 6.09 Å². The summed E-state index contributed by atoms with van der Waals surface area (Å²) in [6, 6.07) is 9.11. The SMILES string of the molecule is O=C(NC(CS)c1ncn[nH]1)OCc1ccccc1. The lowest BCUT2D eigenvalue weighted by Crippen LogP contribution is -2.30. The lowest BCUT2D eigenvalue weighted by atomic mass is 10.2. The van der Waals surface area contributed by atoms with E-state index in [2.05, 4.69) is 33.1 Å². The second-order valence-corrected chi connectivity index (χ2v) is 4.18. The normalized spacial score (nSPS) is 11.8. The number of H-pyrrole nitrogens is 1. The predicted octanol–water partition coefficient (Wildman–Crippen LogP) is 1.70. The number of hydrogen-bond donors (Lipinski definition) is 3. The molecular formula is C12H14N4O2S. The molecule has 0 saturated heterocycles. The number of hydrogen-bond acceptors (Lipinski definition) is 5. The minimum atomic E-state index is -0.515. The number of aromatic amines is 1. The van der Waals surface area contributed by atoms with Crippen molar-refractivity contribution < 1.29 is 9.53 Å². The number of aromatic nitrogens is 3. The van der Waals surface area contributed by atoms with E-state index in [0.29, 0.717) is 11.6 Å². The number of amides is 1. The van der Waals surface area contributed by atoms with Crippen LogP contribution in [0.15, 0.2) is 36.7 Å². The Hall–Kier alpha value is -2.02. The molecule has 1 unspecified atom stereocenters. The Morgan fingerprint density at radius 1 is 1.42 bits per heavy atom. The van der Waals surface area contributed by atoms with Gasteiger partial charge >= 0.3 is 6.09 Å². The number of nitrogens with zero attached hydrogens (tertiary/aromatic N) is 2. The molecule has 2 rings (SSSR count). The van der Waals surface area contributed by atoms with E-state index in [4.69, 9.17) is 4.74 Å². The Balaban J connectivity index is 1.84. The highest BCUT2D eigenvalue weighted by Gasteiger charge is 2.16. The Kier molecular flexibility index (Phi) is 4.79. The number of carbonyl (C=O) groups is 1. The van der Waals surface area contributed by atoms with E-state index in [0.717, 1.165) is 5.56 Å². The summed E-state index contributed by atoms with van der Waals surface area (Å²) in [6.45, 7) is 0.225. The van der Waals surface area contributed by atoms with Gasteiger partial charge in [0.1, 0.15) is 24.8 Å². The van der Waals surface area contributed by atoms with Crippen LogP contribution in [0.3, 0.4) is 0 Å². The molecular weight excluding hydrogens is 264 g/mol. The van der Waals surface area contributed by atoms with Crippen LogP contribution >= 0.6 is 12.6 Å². The molecule has 1 aromatic heterocycles. The molecule has 19 heavy (non-hydrogen) atoms. The summed E-state index contributed by atoms with van der Waals surface area (Å²) in [4.78, 5) is 15.6. The van der Waals surface area contributed by atoms with Gasteiger partial charge in [0.15, 0.2) is 0 Å². The second kappa shape index (κ2) is 6.79. The van der Waals surface area contributed by atoms with Gasteiger partial charge in [-0.1, -0.05) is 30.3 Å². The summed E-state index contributed by atoms with van der Waals surface area (Å²) in [5.41, 5.74) is 0.930. The van der Waals surface area contributed by atoms with Gasteiger partial charge in [0, 0.05) is 5.75 Å². The van der Waals surface area contributed by atoms with Crippen LogP contribution in [0.25, 0.3) is 0 Å². The third kappa shape index (κ3) is 3.99. The molecule has 100 valence electrons. The number of rotatable bonds is 5. The first-order valence-corrected chi connectivity index (χ1v) is 6.36. The van der Waals surface area contributed by atoms with Crippen LogP contribution in [0.1, 0.15) is 17.4 Å². The van der Waals surface area contributed by atoms with Crippen LogP contribution in [0.5, 0.6) is 0 Å². The zero-order valence-corrected chi connectivity index (χ0v) is 11.0. The molecule has 1 atom stereocenters. The molecule has 2 N–H and O–H groups in total. The van der Waals surface area contributed by atoms with Crippen LogP contribution in [0, 0.1) is 0 Å². The summed E-state index contributed by atoms with van der Waals surface area (Å²) in [6.07, 6.45) is 0.863. The Labute approximate surface area is 116 Å². The molecule has 0 radical (unpaired) electrons. The molecule has 2 aromatic rings. The van der Waals surface area contributed by atoms with Crippen molar-refractivity contribution in [2.45, 2.75) is 12.6 Å². The van der Waals surface area contributed by atoms with Crippen molar-refractivity contribution in [3.63, 3.8) is 0 Å². The second-order valence-electron chi connectivity index (χ2n) is 3.81. The minimum absolute atomic E-state index is 0.225. The molecule has 0 saturated carbocycles. The minimum Gasteiger partial charge on any atom is -0.445 e. The van der Waals surface area contributed by atoms with Crippen molar-refractivity contribution in [3.05, 3.63) is 48.0 Å². The van der Waals surface area contributed by atoms with Gasteiger partial charge in [0.25, 0.3) is 0 Å². The smallest absolute Gasteiger partial charge is 0.408 e. The van der Waals surface area contributed by atoms with Gasteiger partial charge in [0.2, 0.25) is 0 Å². The van der Waals surface area contributed by atoms with Crippen molar-refractivity contribution in [2.24, 2.45) is 0 Å². The number of nitrogens with one attached hydrogen (secondary N) is 2. The Morgan fingerprint density at radius 2 is 2.21 bits per heavy atom. The van der Waals surface area contributed by atoms with Crippen molar-refractivity contribution in [1.82, 2.24) is 20.5 Å². The lowest BCUT2D eigenvalue weighted by molar-refractivity contribution is 0.136. The van der Waals surface area contributed by atoms with Crippen molar-refractivity contribution in [2.75, 3.05) is 5.75 Å². The zero-order chi connectivity index (χ0) is 13.5. The summed E-state index contributed by atoms with van der Waals surface area (Å²) < 4.78 is 5.11. The first-order chi connectivity index (χ1) is 9.29. The number of thiol groups is 1. The third-order valence-electron chi connectivity index (χ3n) is 2.45. The highest BCUT2D eigenvalue weighted by Crippen LogP contribution is 2.08. The quantitative estimate of drug-likeness (QED) is 0.727. The monoisotopic (exact) mass is 278 g/mol. The molecule has 0 aliphatic rings. The van der Waals surface area contributed by atoms with E-state index in [1.165, 1.54) is 6.33 Å². The largest absolute Gasteiger partial charge is 0.445 e. The van der Waals surface area contributed by atoms with Crippen molar-refractivity contribution in [3.8, 4) is 0 Å². The molecule has 6 nitrogen and oxygen atoms in total. The molecule has 0 aliphatic carbocycles. The average Bonchev–Trinajstić information content (AvgIpc) is 2.97. The van der Waals surface area contributed by atoms with Gasteiger partial charge < -0.3 is 10.1 Å². The van der Waals surface area contributed by atoms with E-state index in [1.54, 1.807) is 0 Å². The van der Waals surface area contributed by atoms with Crippen LogP contribution in [0.4, 0.5) is 4.79 Å². The lowest BCUT2D eigenvalue weighted by Gasteiger charge is -2.13. The first-order valence-electron chi connectivity index (χ1n) is 5.73.